The predicted molar refractivity (Wildman–Crippen MR) is 83.1 cm³/mol. The fourth-order valence-electron chi connectivity index (χ4n) is 1.96. The van der Waals surface area contributed by atoms with Crippen molar-refractivity contribution < 1.29 is 19.4 Å². The molecule has 0 bridgehead atoms. The highest BCUT2D eigenvalue weighted by molar-refractivity contribution is 8.15. The number of aromatic nitrogens is 1. The molecule has 0 radical (unpaired) electrons. The Kier molecular flexibility index (Phi) is 3.73. The zero-order chi connectivity index (χ0) is 15.0. The number of thioether (sulfide) groups is 1. The maximum Gasteiger partial charge on any atom is 0.329 e. The Morgan fingerprint density at radius 1 is 1.38 bits per heavy atom. The van der Waals surface area contributed by atoms with E-state index in [0.29, 0.717) is 27.3 Å². The molecule has 2 aromatic rings. The predicted octanol–water partition coefficient (Wildman–Crippen LogP) is 2.26. The standard InChI is InChI=1S/C13H12N2O4S2/c1-18-6-3-8(19-2)10-9(4-6)21-12(15-10)11-14-7(5-20-11)13(16)17/h3-4,7H,5H2,1-2H3,(H,16,17). The molecule has 6 nitrogen and oxygen atoms in total. The van der Waals surface area contributed by atoms with Crippen LogP contribution in [0.1, 0.15) is 5.01 Å². The molecule has 0 saturated carbocycles. The first-order valence-corrected chi connectivity index (χ1v) is 7.89. The number of thiazole rings is 1. The molecule has 2 heterocycles. The molecule has 0 spiro atoms. The number of rotatable bonds is 4. The molecular formula is C13H12N2O4S2. The summed E-state index contributed by atoms with van der Waals surface area (Å²) in [6, 6.07) is 2.97. The number of hydrogen-bond donors (Lipinski definition) is 1. The van der Waals surface area contributed by atoms with Gasteiger partial charge in [-0.05, 0) is 6.07 Å². The van der Waals surface area contributed by atoms with Gasteiger partial charge in [0.05, 0.1) is 18.9 Å². The van der Waals surface area contributed by atoms with Gasteiger partial charge in [0.2, 0.25) is 0 Å². The Hall–Kier alpha value is -1.80. The molecule has 21 heavy (non-hydrogen) atoms. The molecular weight excluding hydrogens is 312 g/mol. The average molecular weight is 324 g/mol. The van der Waals surface area contributed by atoms with Crippen LogP contribution in [-0.2, 0) is 4.79 Å². The highest BCUT2D eigenvalue weighted by atomic mass is 32.2. The van der Waals surface area contributed by atoms with E-state index in [2.05, 4.69) is 9.98 Å². The minimum Gasteiger partial charge on any atom is -0.497 e. The molecule has 110 valence electrons. The van der Waals surface area contributed by atoms with E-state index >= 15 is 0 Å². The van der Waals surface area contributed by atoms with Crippen molar-refractivity contribution in [3.05, 3.63) is 17.1 Å². The van der Waals surface area contributed by atoms with Crippen LogP contribution in [-0.4, -0.2) is 47.1 Å². The van der Waals surface area contributed by atoms with Gasteiger partial charge in [0.15, 0.2) is 6.04 Å². The van der Waals surface area contributed by atoms with Crippen LogP contribution in [0.15, 0.2) is 17.1 Å². The van der Waals surface area contributed by atoms with Crippen molar-refractivity contribution in [1.29, 1.82) is 0 Å². The van der Waals surface area contributed by atoms with Gasteiger partial charge in [-0.25, -0.2) is 9.78 Å². The largest absolute Gasteiger partial charge is 0.497 e. The van der Waals surface area contributed by atoms with Crippen molar-refractivity contribution in [2.45, 2.75) is 6.04 Å². The van der Waals surface area contributed by atoms with Gasteiger partial charge in [0, 0.05) is 11.8 Å². The van der Waals surface area contributed by atoms with Crippen LogP contribution in [0.5, 0.6) is 11.5 Å². The summed E-state index contributed by atoms with van der Waals surface area (Å²) in [5, 5.41) is 10.4. The molecule has 1 aromatic carbocycles. The number of carbonyl (C=O) groups is 1. The van der Waals surface area contributed by atoms with E-state index in [1.807, 2.05) is 6.07 Å². The first-order valence-electron chi connectivity index (χ1n) is 6.08. The molecule has 1 aliphatic rings. The Bertz CT molecular complexity index is 741. The van der Waals surface area contributed by atoms with Gasteiger partial charge in [-0.1, -0.05) is 0 Å². The third kappa shape index (κ3) is 2.56. The van der Waals surface area contributed by atoms with E-state index < -0.39 is 12.0 Å². The number of ether oxygens (including phenoxy) is 2. The number of aliphatic imine (C=N–C) groups is 1. The van der Waals surface area contributed by atoms with E-state index in [9.17, 15) is 4.79 Å². The van der Waals surface area contributed by atoms with Crippen molar-refractivity contribution in [2.24, 2.45) is 4.99 Å². The third-order valence-electron chi connectivity index (χ3n) is 3.01. The van der Waals surface area contributed by atoms with E-state index in [1.165, 1.54) is 23.1 Å². The summed E-state index contributed by atoms with van der Waals surface area (Å²) in [6.45, 7) is 0. The molecule has 1 aliphatic heterocycles. The Labute approximate surface area is 128 Å². The minimum atomic E-state index is -0.905. The second-order valence-electron chi connectivity index (χ2n) is 4.29. The lowest BCUT2D eigenvalue weighted by Crippen LogP contribution is -2.17. The van der Waals surface area contributed by atoms with Crippen LogP contribution in [0.4, 0.5) is 0 Å². The van der Waals surface area contributed by atoms with Gasteiger partial charge in [0.1, 0.15) is 27.1 Å². The summed E-state index contributed by atoms with van der Waals surface area (Å²) < 4.78 is 11.5. The van der Waals surface area contributed by atoms with E-state index in [0.717, 1.165) is 10.2 Å². The SMILES string of the molecule is COc1cc(OC)c2nc(C3=NC(C(=O)O)CS3)sc2c1. The normalized spacial score (nSPS) is 17.8. The maximum absolute atomic E-state index is 11.0. The first kappa shape index (κ1) is 14.2. The highest BCUT2D eigenvalue weighted by Gasteiger charge is 2.27. The fourth-order valence-corrected chi connectivity index (χ4v) is 4.07. The zero-order valence-electron chi connectivity index (χ0n) is 11.3. The van der Waals surface area contributed by atoms with Gasteiger partial charge >= 0.3 is 5.97 Å². The van der Waals surface area contributed by atoms with Crippen LogP contribution in [0, 0.1) is 0 Å². The van der Waals surface area contributed by atoms with Gasteiger partial charge in [-0.15, -0.1) is 23.1 Å². The molecule has 0 aliphatic carbocycles. The van der Waals surface area contributed by atoms with Crippen LogP contribution in [0.3, 0.4) is 0 Å². The molecule has 0 amide bonds. The molecule has 1 unspecified atom stereocenters. The van der Waals surface area contributed by atoms with Crippen LogP contribution >= 0.6 is 23.1 Å². The monoisotopic (exact) mass is 324 g/mol. The van der Waals surface area contributed by atoms with Gasteiger partial charge in [0.25, 0.3) is 0 Å². The fraction of sp³-hybridized carbons (Fsp3) is 0.308. The molecule has 1 atom stereocenters. The lowest BCUT2D eigenvalue weighted by molar-refractivity contribution is -0.137. The van der Waals surface area contributed by atoms with Gasteiger partial charge in [-0.3, -0.25) is 4.99 Å². The third-order valence-corrected chi connectivity index (χ3v) is 5.20. The molecule has 1 N–H and O–H groups in total. The molecule has 8 heteroatoms. The molecule has 1 aromatic heterocycles. The summed E-state index contributed by atoms with van der Waals surface area (Å²) in [6.07, 6.45) is 0. The quantitative estimate of drug-likeness (QED) is 0.929. The molecule has 0 fully saturated rings. The van der Waals surface area contributed by atoms with Crippen molar-refractivity contribution >= 4 is 44.3 Å². The number of benzene rings is 1. The van der Waals surface area contributed by atoms with Crippen molar-refractivity contribution in [3.8, 4) is 11.5 Å². The summed E-state index contributed by atoms with van der Waals surface area (Å²) in [5.74, 6) is 0.864. The number of hydrogen-bond acceptors (Lipinski definition) is 7. The minimum absolute atomic E-state index is 0.445. The molecule has 0 saturated heterocycles. The summed E-state index contributed by atoms with van der Waals surface area (Å²) in [4.78, 5) is 19.7. The van der Waals surface area contributed by atoms with Crippen molar-refractivity contribution in [2.75, 3.05) is 20.0 Å². The number of aliphatic carboxylic acids is 1. The Balaban J connectivity index is 2.05. The van der Waals surface area contributed by atoms with Crippen molar-refractivity contribution in [3.63, 3.8) is 0 Å². The first-order chi connectivity index (χ1) is 10.1. The summed E-state index contributed by atoms with van der Waals surface area (Å²) in [7, 11) is 3.17. The van der Waals surface area contributed by atoms with Crippen LogP contribution < -0.4 is 9.47 Å². The van der Waals surface area contributed by atoms with Gasteiger partial charge in [-0.2, -0.15) is 0 Å². The number of methoxy groups -OCH3 is 2. The number of nitrogens with zero attached hydrogens (tertiary/aromatic N) is 2. The lowest BCUT2D eigenvalue weighted by atomic mass is 10.3. The van der Waals surface area contributed by atoms with E-state index in [1.54, 1.807) is 20.3 Å². The number of fused-ring (bicyclic) bond motifs is 1. The summed E-state index contributed by atoms with van der Waals surface area (Å²) in [5.41, 5.74) is 0.736. The molecule has 3 rings (SSSR count). The zero-order valence-corrected chi connectivity index (χ0v) is 13.0. The average Bonchev–Trinajstić information content (AvgIpc) is 3.12. The Morgan fingerprint density at radius 2 is 2.19 bits per heavy atom. The number of carboxylic acids is 1. The van der Waals surface area contributed by atoms with Crippen LogP contribution in [0.25, 0.3) is 10.2 Å². The highest BCUT2D eigenvalue weighted by Crippen LogP contribution is 2.36. The second-order valence-corrected chi connectivity index (χ2v) is 6.33. The maximum atomic E-state index is 11.0. The smallest absolute Gasteiger partial charge is 0.329 e. The Morgan fingerprint density at radius 3 is 2.81 bits per heavy atom. The topological polar surface area (TPSA) is 81.0 Å². The van der Waals surface area contributed by atoms with Crippen molar-refractivity contribution in [1.82, 2.24) is 4.98 Å². The number of carboxylic acid groups (broad SMARTS) is 1. The summed E-state index contributed by atoms with van der Waals surface area (Å²) >= 11 is 2.87. The second kappa shape index (κ2) is 5.53. The van der Waals surface area contributed by atoms with E-state index in [4.69, 9.17) is 14.6 Å². The van der Waals surface area contributed by atoms with Gasteiger partial charge < -0.3 is 14.6 Å². The lowest BCUT2D eigenvalue weighted by Gasteiger charge is -2.03. The van der Waals surface area contributed by atoms with E-state index in [-0.39, 0.29) is 0 Å². The van der Waals surface area contributed by atoms with Crippen LogP contribution in [0.2, 0.25) is 0 Å².